The zero-order valence-corrected chi connectivity index (χ0v) is 9.28. The van der Waals surface area contributed by atoms with Gasteiger partial charge in [0.2, 0.25) is 0 Å². The summed E-state index contributed by atoms with van der Waals surface area (Å²) in [6, 6.07) is 0.521. The van der Waals surface area contributed by atoms with Crippen LogP contribution in [-0.4, -0.2) is 17.6 Å². The summed E-state index contributed by atoms with van der Waals surface area (Å²) in [5, 5.41) is 4.77. The first kappa shape index (κ1) is 10.2. The molecule has 1 fully saturated rings. The quantitative estimate of drug-likeness (QED) is 0.846. The van der Waals surface area contributed by atoms with Gasteiger partial charge in [-0.2, -0.15) is 0 Å². The molecule has 0 aliphatic carbocycles. The number of pyridine rings is 1. The van der Waals surface area contributed by atoms with Gasteiger partial charge in [-0.3, -0.25) is 4.98 Å². The number of hydrogen-bond donors (Lipinski definition) is 1. The highest BCUT2D eigenvalue weighted by Crippen LogP contribution is 2.25. The van der Waals surface area contributed by atoms with Crippen LogP contribution in [0.25, 0.3) is 0 Å². The average Bonchev–Trinajstić information content (AvgIpc) is 2.64. The molecule has 1 aromatic rings. The maximum atomic E-state index is 6.03. The van der Waals surface area contributed by atoms with Gasteiger partial charge in [0.05, 0.1) is 10.0 Å². The Morgan fingerprint density at radius 1 is 1.36 bits per heavy atom. The highest BCUT2D eigenvalue weighted by molar-refractivity contribution is 6.35. The minimum Gasteiger partial charge on any atom is -0.314 e. The van der Waals surface area contributed by atoms with Crippen molar-refractivity contribution >= 4 is 23.2 Å². The van der Waals surface area contributed by atoms with Crippen molar-refractivity contribution in [2.24, 2.45) is 0 Å². The van der Waals surface area contributed by atoms with Gasteiger partial charge >= 0.3 is 0 Å². The summed E-state index contributed by atoms with van der Waals surface area (Å²) in [7, 11) is 0. The minimum absolute atomic E-state index is 0.521. The molecule has 0 radical (unpaired) electrons. The fraction of sp³-hybridized carbons (Fsp3) is 0.500. The predicted octanol–water partition coefficient (Wildman–Crippen LogP) is 2.68. The summed E-state index contributed by atoms with van der Waals surface area (Å²) < 4.78 is 0. The van der Waals surface area contributed by atoms with Crippen LogP contribution in [0.1, 0.15) is 18.4 Å². The third-order valence-electron chi connectivity index (χ3n) is 2.57. The molecule has 4 heteroatoms. The molecule has 1 aliphatic rings. The molecule has 1 aromatic heterocycles. The Hall–Kier alpha value is -0.310. The lowest BCUT2D eigenvalue weighted by Gasteiger charge is -2.12. The van der Waals surface area contributed by atoms with Crippen LogP contribution in [0.3, 0.4) is 0 Å². The van der Waals surface area contributed by atoms with Gasteiger partial charge in [0.25, 0.3) is 0 Å². The molecule has 1 N–H and O–H groups in total. The highest BCUT2D eigenvalue weighted by Gasteiger charge is 2.17. The standard InChI is InChI=1S/C10H12Cl2N2/c11-9-5-13-6-10(12)8(9)4-7-2-1-3-14-7/h5-7,14H,1-4H2. The van der Waals surface area contributed by atoms with E-state index in [0.29, 0.717) is 16.1 Å². The van der Waals surface area contributed by atoms with Crippen LogP contribution in [0.2, 0.25) is 10.0 Å². The van der Waals surface area contributed by atoms with Crippen molar-refractivity contribution in [2.45, 2.75) is 25.3 Å². The van der Waals surface area contributed by atoms with Crippen LogP contribution in [0.15, 0.2) is 12.4 Å². The lowest BCUT2D eigenvalue weighted by molar-refractivity contribution is 0.603. The van der Waals surface area contributed by atoms with Crippen LogP contribution in [0.4, 0.5) is 0 Å². The largest absolute Gasteiger partial charge is 0.314 e. The van der Waals surface area contributed by atoms with Crippen molar-refractivity contribution in [3.8, 4) is 0 Å². The normalized spacial score (nSPS) is 21.4. The van der Waals surface area contributed by atoms with Crippen LogP contribution < -0.4 is 5.32 Å². The zero-order valence-electron chi connectivity index (χ0n) is 7.76. The van der Waals surface area contributed by atoms with E-state index in [1.807, 2.05) is 0 Å². The second-order valence-corrected chi connectivity index (χ2v) is 4.39. The van der Waals surface area contributed by atoms with Crippen molar-refractivity contribution in [1.29, 1.82) is 0 Å². The van der Waals surface area contributed by atoms with Crippen molar-refractivity contribution in [2.75, 3.05) is 6.54 Å². The molecule has 14 heavy (non-hydrogen) atoms. The lowest BCUT2D eigenvalue weighted by Crippen LogP contribution is -2.23. The summed E-state index contributed by atoms with van der Waals surface area (Å²) in [5.74, 6) is 0. The molecule has 0 aromatic carbocycles. The van der Waals surface area contributed by atoms with Crippen LogP contribution in [0, 0.1) is 0 Å². The number of halogens is 2. The number of nitrogens with one attached hydrogen (secondary N) is 1. The van der Waals surface area contributed by atoms with E-state index in [1.54, 1.807) is 12.4 Å². The monoisotopic (exact) mass is 230 g/mol. The van der Waals surface area contributed by atoms with Crippen LogP contribution in [0.5, 0.6) is 0 Å². The van der Waals surface area contributed by atoms with E-state index in [1.165, 1.54) is 12.8 Å². The van der Waals surface area contributed by atoms with E-state index in [2.05, 4.69) is 10.3 Å². The first-order valence-corrected chi connectivity index (χ1v) is 5.54. The number of nitrogens with zero attached hydrogens (tertiary/aromatic N) is 1. The number of rotatable bonds is 2. The summed E-state index contributed by atoms with van der Waals surface area (Å²) >= 11 is 12.1. The SMILES string of the molecule is Clc1cncc(Cl)c1CC1CCCN1. The fourth-order valence-corrected chi connectivity index (χ4v) is 2.33. The van der Waals surface area contributed by atoms with Gasteiger partial charge in [0, 0.05) is 18.4 Å². The topological polar surface area (TPSA) is 24.9 Å². The molecule has 0 spiro atoms. The van der Waals surface area contributed by atoms with Crippen LogP contribution in [-0.2, 0) is 6.42 Å². The van der Waals surface area contributed by atoms with Crippen molar-refractivity contribution in [1.82, 2.24) is 10.3 Å². The molecule has 2 nitrogen and oxygen atoms in total. The Morgan fingerprint density at radius 2 is 2.07 bits per heavy atom. The maximum Gasteiger partial charge on any atom is 0.0636 e. The first-order valence-electron chi connectivity index (χ1n) is 4.78. The Labute approximate surface area is 93.6 Å². The Kier molecular flexibility index (Phi) is 3.26. The molecule has 2 rings (SSSR count). The average molecular weight is 231 g/mol. The Bertz CT molecular complexity index is 302. The molecule has 1 aliphatic heterocycles. The van der Waals surface area contributed by atoms with E-state index < -0.39 is 0 Å². The van der Waals surface area contributed by atoms with E-state index in [-0.39, 0.29) is 0 Å². The number of hydrogen-bond acceptors (Lipinski definition) is 2. The van der Waals surface area contributed by atoms with Gasteiger partial charge in [-0.1, -0.05) is 23.2 Å². The van der Waals surface area contributed by atoms with Gasteiger partial charge in [0.1, 0.15) is 0 Å². The van der Waals surface area contributed by atoms with Crippen molar-refractivity contribution < 1.29 is 0 Å². The summed E-state index contributed by atoms with van der Waals surface area (Å²) in [6.45, 7) is 1.10. The molecule has 0 saturated carbocycles. The molecule has 1 unspecified atom stereocenters. The second kappa shape index (κ2) is 4.47. The number of aromatic nitrogens is 1. The molecule has 76 valence electrons. The molecule has 0 bridgehead atoms. The zero-order chi connectivity index (χ0) is 9.97. The van der Waals surface area contributed by atoms with E-state index in [9.17, 15) is 0 Å². The Morgan fingerprint density at radius 3 is 2.64 bits per heavy atom. The predicted molar refractivity (Wildman–Crippen MR) is 59.0 cm³/mol. The van der Waals surface area contributed by atoms with Gasteiger partial charge in [0.15, 0.2) is 0 Å². The highest BCUT2D eigenvalue weighted by atomic mass is 35.5. The van der Waals surface area contributed by atoms with Gasteiger partial charge in [-0.25, -0.2) is 0 Å². The van der Waals surface area contributed by atoms with Gasteiger partial charge in [-0.05, 0) is 31.4 Å². The van der Waals surface area contributed by atoms with Crippen molar-refractivity contribution in [3.63, 3.8) is 0 Å². The van der Waals surface area contributed by atoms with Gasteiger partial charge in [-0.15, -0.1) is 0 Å². The van der Waals surface area contributed by atoms with Crippen LogP contribution >= 0.6 is 23.2 Å². The molecular weight excluding hydrogens is 219 g/mol. The summed E-state index contributed by atoms with van der Waals surface area (Å²) in [5.41, 5.74) is 1.02. The Balaban J connectivity index is 2.14. The third kappa shape index (κ3) is 2.19. The van der Waals surface area contributed by atoms with Crippen molar-refractivity contribution in [3.05, 3.63) is 28.0 Å². The van der Waals surface area contributed by atoms with E-state index in [0.717, 1.165) is 18.5 Å². The molecule has 0 amide bonds. The smallest absolute Gasteiger partial charge is 0.0636 e. The summed E-state index contributed by atoms with van der Waals surface area (Å²) in [6.07, 6.45) is 6.65. The molecule has 2 heterocycles. The first-order chi connectivity index (χ1) is 6.77. The maximum absolute atomic E-state index is 6.03. The summed E-state index contributed by atoms with van der Waals surface area (Å²) in [4.78, 5) is 3.93. The molecule has 1 saturated heterocycles. The van der Waals surface area contributed by atoms with Gasteiger partial charge < -0.3 is 5.32 Å². The second-order valence-electron chi connectivity index (χ2n) is 3.58. The molecule has 1 atom stereocenters. The third-order valence-corrected chi connectivity index (χ3v) is 3.22. The fourth-order valence-electron chi connectivity index (χ4n) is 1.81. The molecular formula is C10H12Cl2N2. The minimum atomic E-state index is 0.521. The van der Waals surface area contributed by atoms with E-state index in [4.69, 9.17) is 23.2 Å². The van der Waals surface area contributed by atoms with E-state index >= 15 is 0 Å². The lowest BCUT2D eigenvalue weighted by atomic mass is 10.1.